The summed E-state index contributed by atoms with van der Waals surface area (Å²) in [6.45, 7) is 3.93. The summed E-state index contributed by atoms with van der Waals surface area (Å²) in [7, 11) is 0. The van der Waals surface area contributed by atoms with E-state index < -0.39 is 0 Å². The van der Waals surface area contributed by atoms with E-state index >= 15 is 0 Å². The molecule has 1 aromatic rings. The normalized spacial score (nSPS) is 19.1. The smallest absolute Gasteiger partial charge is 0.228 e. The van der Waals surface area contributed by atoms with Crippen molar-refractivity contribution in [3.63, 3.8) is 0 Å². The second-order valence-corrected chi connectivity index (χ2v) is 6.84. The van der Waals surface area contributed by atoms with Gasteiger partial charge in [0.1, 0.15) is 11.1 Å². The van der Waals surface area contributed by atoms with E-state index in [2.05, 4.69) is 6.07 Å². The maximum atomic E-state index is 11.9. The molecule has 0 aliphatic carbocycles. The number of hydrogen-bond acceptors (Lipinski definition) is 5. The average Bonchev–Trinajstić information content (AvgIpc) is 2.80. The summed E-state index contributed by atoms with van der Waals surface area (Å²) in [6, 6.07) is 3.90. The Labute approximate surface area is 114 Å². The van der Waals surface area contributed by atoms with Crippen molar-refractivity contribution in [3.8, 4) is 6.07 Å². The molecular formula is C12H12N2O2S2. The molecule has 2 heterocycles. The number of amides is 1. The van der Waals surface area contributed by atoms with E-state index in [-0.39, 0.29) is 16.3 Å². The number of rotatable bonds is 2. The van der Waals surface area contributed by atoms with E-state index in [4.69, 9.17) is 5.26 Å². The van der Waals surface area contributed by atoms with Crippen molar-refractivity contribution in [3.05, 3.63) is 16.5 Å². The largest absolute Gasteiger partial charge is 0.302 e. The van der Waals surface area contributed by atoms with Crippen molar-refractivity contribution in [2.75, 3.05) is 11.4 Å². The molecule has 1 unspecified atom stereocenters. The predicted octanol–water partition coefficient (Wildman–Crippen LogP) is 2.31. The van der Waals surface area contributed by atoms with Crippen molar-refractivity contribution >= 4 is 39.1 Å². The molecule has 0 saturated carbocycles. The van der Waals surface area contributed by atoms with Gasteiger partial charge in [-0.2, -0.15) is 5.26 Å². The molecule has 2 rings (SSSR count). The number of nitriles is 1. The topological polar surface area (TPSA) is 61.2 Å². The van der Waals surface area contributed by atoms with E-state index in [0.29, 0.717) is 23.5 Å². The maximum absolute atomic E-state index is 11.9. The van der Waals surface area contributed by atoms with Gasteiger partial charge < -0.3 is 4.90 Å². The fourth-order valence-electron chi connectivity index (χ4n) is 1.97. The van der Waals surface area contributed by atoms with Crippen molar-refractivity contribution in [1.82, 2.24) is 0 Å². The number of aryl methyl sites for hydroxylation is 1. The third kappa shape index (κ3) is 2.57. The summed E-state index contributed by atoms with van der Waals surface area (Å²) in [5.41, 5.74) is 0.541. The van der Waals surface area contributed by atoms with E-state index in [1.54, 1.807) is 11.0 Å². The quantitative estimate of drug-likeness (QED) is 0.834. The lowest BCUT2D eigenvalue weighted by molar-refractivity contribution is -0.117. The van der Waals surface area contributed by atoms with Crippen LogP contribution in [0.5, 0.6) is 0 Å². The Bertz CT molecular complexity index is 545. The summed E-state index contributed by atoms with van der Waals surface area (Å²) in [5, 5.41) is 9.79. The standard InChI is InChI=1S/C12H12N2O2S2/c1-7-3-9(5-13)12(17-7)14-6-10(4-11(14)16)18-8(2)15/h3,10H,4,6H2,1-2H3. The zero-order valence-electron chi connectivity index (χ0n) is 10.1. The van der Waals surface area contributed by atoms with Gasteiger partial charge in [-0.15, -0.1) is 11.3 Å². The van der Waals surface area contributed by atoms with E-state index in [0.717, 1.165) is 4.88 Å². The molecule has 0 spiro atoms. The van der Waals surface area contributed by atoms with Crippen molar-refractivity contribution < 1.29 is 9.59 Å². The van der Waals surface area contributed by atoms with Gasteiger partial charge in [-0.1, -0.05) is 11.8 Å². The minimum Gasteiger partial charge on any atom is -0.302 e. The van der Waals surface area contributed by atoms with Crippen LogP contribution in [0.3, 0.4) is 0 Å². The highest BCUT2D eigenvalue weighted by Crippen LogP contribution is 2.36. The summed E-state index contributed by atoms with van der Waals surface area (Å²) in [4.78, 5) is 25.6. The highest BCUT2D eigenvalue weighted by Gasteiger charge is 2.33. The minimum absolute atomic E-state index is 0.00366. The highest BCUT2D eigenvalue weighted by molar-refractivity contribution is 8.14. The Morgan fingerprint density at radius 3 is 3.00 bits per heavy atom. The first kappa shape index (κ1) is 13.1. The second kappa shape index (κ2) is 5.12. The molecule has 1 aromatic heterocycles. The molecule has 18 heavy (non-hydrogen) atoms. The monoisotopic (exact) mass is 280 g/mol. The van der Waals surface area contributed by atoms with Crippen LogP contribution in [-0.2, 0) is 9.59 Å². The van der Waals surface area contributed by atoms with Crippen LogP contribution in [0.4, 0.5) is 5.00 Å². The molecule has 0 aromatic carbocycles. The zero-order chi connectivity index (χ0) is 13.3. The van der Waals surface area contributed by atoms with Gasteiger partial charge in [0.25, 0.3) is 0 Å². The number of anilines is 1. The molecule has 1 fully saturated rings. The first-order valence-electron chi connectivity index (χ1n) is 5.49. The molecule has 4 nitrogen and oxygen atoms in total. The number of nitrogens with zero attached hydrogens (tertiary/aromatic N) is 2. The number of carbonyl (C=O) groups is 2. The molecule has 0 N–H and O–H groups in total. The maximum Gasteiger partial charge on any atom is 0.228 e. The van der Waals surface area contributed by atoms with Crippen LogP contribution in [0.15, 0.2) is 6.07 Å². The molecule has 94 valence electrons. The first-order valence-corrected chi connectivity index (χ1v) is 7.19. The molecule has 1 aliphatic rings. The van der Waals surface area contributed by atoms with Gasteiger partial charge in [0.05, 0.1) is 5.56 Å². The number of thioether (sulfide) groups is 1. The Morgan fingerprint density at radius 1 is 1.67 bits per heavy atom. The van der Waals surface area contributed by atoms with Gasteiger partial charge in [-0.25, -0.2) is 0 Å². The molecular weight excluding hydrogens is 268 g/mol. The Morgan fingerprint density at radius 2 is 2.39 bits per heavy atom. The zero-order valence-corrected chi connectivity index (χ0v) is 11.7. The van der Waals surface area contributed by atoms with Crippen molar-refractivity contribution in [2.24, 2.45) is 0 Å². The van der Waals surface area contributed by atoms with Gasteiger partial charge in [0, 0.05) is 30.0 Å². The molecule has 1 saturated heterocycles. The molecule has 1 atom stereocenters. The van der Waals surface area contributed by atoms with E-state index in [1.807, 2.05) is 6.92 Å². The van der Waals surface area contributed by atoms with Crippen LogP contribution >= 0.6 is 23.1 Å². The van der Waals surface area contributed by atoms with Crippen LogP contribution in [-0.4, -0.2) is 22.8 Å². The average molecular weight is 280 g/mol. The minimum atomic E-state index is -0.00731. The molecule has 1 aliphatic heterocycles. The lowest BCUT2D eigenvalue weighted by Crippen LogP contribution is -2.24. The van der Waals surface area contributed by atoms with Crippen LogP contribution in [0.25, 0.3) is 0 Å². The van der Waals surface area contributed by atoms with Crippen molar-refractivity contribution in [1.29, 1.82) is 5.26 Å². The fourth-order valence-corrected chi connectivity index (χ4v) is 3.87. The van der Waals surface area contributed by atoms with Gasteiger partial charge in [0.2, 0.25) is 5.91 Å². The van der Waals surface area contributed by atoms with Gasteiger partial charge >= 0.3 is 0 Å². The third-order valence-electron chi connectivity index (χ3n) is 2.62. The van der Waals surface area contributed by atoms with Crippen LogP contribution in [0, 0.1) is 18.3 Å². The third-order valence-corrected chi connectivity index (χ3v) is 4.68. The van der Waals surface area contributed by atoms with Gasteiger partial charge in [0.15, 0.2) is 5.12 Å². The summed E-state index contributed by atoms with van der Waals surface area (Å²) < 4.78 is 0. The number of thiophene rings is 1. The Kier molecular flexibility index (Phi) is 3.73. The fraction of sp³-hybridized carbons (Fsp3) is 0.417. The Balaban J connectivity index is 2.22. The number of hydrogen-bond donors (Lipinski definition) is 0. The van der Waals surface area contributed by atoms with Gasteiger partial charge in [-0.05, 0) is 13.0 Å². The van der Waals surface area contributed by atoms with Crippen LogP contribution < -0.4 is 4.90 Å². The lowest BCUT2D eigenvalue weighted by atomic mass is 10.3. The summed E-state index contributed by atoms with van der Waals surface area (Å²) in [6.07, 6.45) is 0.367. The molecule has 6 heteroatoms. The highest BCUT2D eigenvalue weighted by atomic mass is 32.2. The first-order chi connectivity index (χ1) is 8.51. The SMILES string of the molecule is CC(=O)SC1CC(=O)N(c2sc(C)cc2C#N)C1. The van der Waals surface area contributed by atoms with Crippen molar-refractivity contribution in [2.45, 2.75) is 25.5 Å². The second-order valence-electron chi connectivity index (χ2n) is 4.13. The molecule has 0 bridgehead atoms. The molecule has 0 radical (unpaired) electrons. The Hall–Kier alpha value is -1.32. The van der Waals surface area contributed by atoms with Crippen LogP contribution in [0.2, 0.25) is 0 Å². The lowest BCUT2D eigenvalue weighted by Gasteiger charge is -2.14. The predicted molar refractivity (Wildman–Crippen MR) is 72.8 cm³/mol. The van der Waals surface area contributed by atoms with Crippen LogP contribution in [0.1, 0.15) is 23.8 Å². The van der Waals surface area contributed by atoms with Gasteiger partial charge in [-0.3, -0.25) is 9.59 Å². The van der Waals surface area contributed by atoms with E-state index in [9.17, 15) is 9.59 Å². The summed E-state index contributed by atoms with van der Waals surface area (Å²) in [5.74, 6) is -0.00731. The molecule has 1 amide bonds. The van der Waals surface area contributed by atoms with E-state index in [1.165, 1.54) is 30.0 Å². The summed E-state index contributed by atoms with van der Waals surface area (Å²) >= 11 is 2.65. The number of carbonyl (C=O) groups excluding carboxylic acids is 2.